The zero-order chi connectivity index (χ0) is 16.4. The molecule has 0 fully saturated rings. The van der Waals surface area contributed by atoms with Crippen LogP contribution in [-0.2, 0) is 10.0 Å². The average molecular weight is 393 g/mol. The summed E-state index contributed by atoms with van der Waals surface area (Å²) in [7, 11) is -3.69. The van der Waals surface area contributed by atoms with E-state index in [9.17, 15) is 8.42 Å². The molecule has 2 aromatic carbocycles. The number of halogens is 1. The van der Waals surface area contributed by atoms with Gasteiger partial charge in [-0.2, -0.15) is 0 Å². The lowest BCUT2D eigenvalue weighted by atomic mass is 10.2. The quantitative estimate of drug-likeness (QED) is 0.650. The van der Waals surface area contributed by atoms with E-state index >= 15 is 0 Å². The van der Waals surface area contributed by atoms with Crippen molar-refractivity contribution in [3.8, 4) is 0 Å². The minimum Gasteiger partial charge on any atom is -0.455 e. The molecule has 1 heterocycles. The highest BCUT2D eigenvalue weighted by atomic mass is 79.9. The number of hydrogen-bond acceptors (Lipinski definition) is 4. The first-order valence-corrected chi connectivity index (χ1v) is 8.94. The zero-order valence-corrected chi connectivity index (χ0v) is 14.3. The van der Waals surface area contributed by atoms with Crippen molar-refractivity contribution < 1.29 is 12.8 Å². The van der Waals surface area contributed by atoms with Crippen molar-refractivity contribution >= 4 is 42.6 Å². The standard InChI is InChI=1S/C16H13BrN2O3S/c1-11(16-10-12-4-2-3-5-15(12)22-16)18-19-23(20,21)14-8-6-13(17)7-9-14/h2-10,18-19H,1H2. The van der Waals surface area contributed by atoms with Crippen LogP contribution >= 0.6 is 15.9 Å². The van der Waals surface area contributed by atoms with Gasteiger partial charge in [0.15, 0.2) is 5.76 Å². The fourth-order valence-electron chi connectivity index (χ4n) is 1.99. The third kappa shape index (κ3) is 3.47. The molecule has 7 heteroatoms. The van der Waals surface area contributed by atoms with Crippen molar-refractivity contribution in [2.45, 2.75) is 4.90 Å². The fourth-order valence-corrected chi connectivity index (χ4v) is 3.13. The van der Waals surface area contributed by atoms with Gasteiger partial charge in [0.1, 0.15) is 5.58 Å². The van der Waals surface area contributed by atoms with Crippen LogP contribution in [0.1, 0.15) is 5.76 Å². The van der Waals surface area contributed by atoms with Gasteiger partial charge in [-0.15, -0.1) is 4.83 Å². The largest absolute Gasteiger partial charge is 0.455 e. The maximum absolute atomic E-state index is 12.2. The average Bonchev–Trinajstić information content (AvgIpc) is 2.97. The number of furan rings is 1. The van der Waals surface area contributed by atoms with E-state index in [-0.39, 0.29) is 4.90 Å². The minimum absolute atomic E-state index is 0.144. The number of rotatable bonds is 5. The molecule has 0 radical (unpaired) electrons. The van der Waals surface area contributed by atoms with Gasteiger partial charge in [0.2, 0.25) is 0 Å². The van der Waals surface area contributed by atoms with Crippen molar-refractivity contribution in [1.82, 2.24) is 10.3 Å². The van der Waals surface area contributed by atoms with Gasteiger partial charge in [-0.05, 0) is 36.4 Å². The second-order valence-electron chi connectivity index (χ2n) is 4.81. The van der Waals surface area contributed by atoms with Gasteiger partial charge in [-0.1, -0.05) is 40.7 Å². The van der Waals surface area contributed by atoms with E-state index in [2.05, 4.69) is 32.8 Å². The Morgan fingerprint density at radius 1 is 1.09 bits per heavy atom. The first-order chi connectivity index (χ1) is 11.0. The van der Waals surface area contributed by atoms with Crippen LogP contribution in [0, 0.1) is 0 Å². The van der Waals surface area contributed by atoms with E-state index in [1.807, 2.05) is 24.3 Å². The Morgan fingerprint density at radius 2 is 1.78 bits per heavy atom. The second-order valence-corrected chi connectivity index (χ2v) is 7.41. The molecular weight excluding hydrogens is 380 g/mol. The first kappa shape index (κ1) is 15.8. The zero-order valence-electron chi connectivity index (χ0n) is 11.9. The number of nitrogens with one attached hydrogen (secondary N) is 2. The maximum atomic E-state index is 12.2. The van der Waals surface area contributed by atoms with Gasteiger partial charge in [0, 0.05) is 9.86 Å². The van der Waals surface area contributed by atoms with Crippen molar-refractivity contribution in [3.05, 3.63) is 71.4 Å². The van der Waals surface area contributed by atoms with E-state index in [0.717, 1.165) is 9.86 Å². The number of fused-ring (bicyclic) bond motifs is 1. The van der Waals surface area contributed by atoms with Crippen LogP contribution in [0.4, 0.5) is 0 Å². The predicted octanol–water partition coefficient (Wildman–Crippen LogP) is 3.65. The molecule has 0 atom stereocenters. The van der Waals surface area contributed by atoms with E-state index in [1.54, 1.807) is 18.2 Å². The molecule has 5 nitrogen and oxygen atoms in total. The summed E-state index contributed by atoms with van der Waals surface area (Å²) >= 11 is 3.26. The summed E-state index contributed by atoms with van der Waals surface area (Å²) in [6.07, 6.45) is 0. The molecule has 0 amide bonds. The topological polar surface area (TPSA) is 71.3 Å². The van der Waals surface area contributed by atoms with Crippen LogP contribution in [0.25, 0.3) is 16.7 Å². The highest BCUT2D eigenvalue weighted by Gasteiger charge is 2.15. The molecule has 1 aromatic heterocycles. The van der Waals surface area contributed by atoms with Gasteiger partial charge in [0.05, 0.1) is 10.6 Å². The van der Waals surface area contributed by atoms with E-state index < -0.39 is 10.0 Å². The van der Waals surface area contributed by atoms with Gasteiger partial charge in [0.25, 0.3) is 10.0 Å². The number of sulfonamides is 1. The number of hydrogen-bond donors (Lipinski definition) is 2. The Hall–Kier alpha value is -2.09. The fraction of sp³-hybridized carbons (Fsp3) is 0. The lowest BCUT2D eigenvalue weighted by Crippen LogP contribution is -2.35. The molecule has 0 spiro atoms. The lowest BCUT2D eigenvalue weighted by molar-refractivity contribution is 0.568. The molecule has 0 bridgehead atoms. The Morgan fingerprint density at radius 3 is 2.48 bits per heavy atom. The molecule has 3 aromatic rings. The Bertz CT molecular complexity index is 929. The SMILES string of the molecule is C=C(NNS(=O)(=O)c1ccc(Br)cc1)c1cc2ccccc2o1. The molecule has 0 saturated carbocycles. The highest BCUT2D eigenvalue weighted by Crippen LogP contribution is 2.22. The minimum atomic E-state index is -3.69. The molecule has 0 aliphatic heterocycles. The smallest absolute Gasteiger partial charge is 0.257 e. The molecule has 0 unspecified atom stereocenters. The molecule has 118 valence electrons. The lowest BCUT2D eigenvalue weighted by Gasteiger charge is -2.10. The summed E-state index contributed by atoms with van der Waals surface area (Å²) in [6, 6.07) is 15.6. The summed E-state index contributed by atoms with van der Waals surface area (Å²) in [5, 5.41) is 0.918. The molecule has 0 saturated heterocycles. The van der Waals surface area contributed by atoms with E-state index in [0.29, 0.717) is 17.0 Å². The van der Waals surface area contributed by atoms with Crippen molar-refractivity contribution in [3.63, 3.8) is 0 Å². The van der Waals surface area contributed by atoms with E-state index in [4.69, 9.17) is 4.42 Å². The summed E-state index contributed by atoms with van der Waals surface area (Å²) < 4.78 is 30.8. The Balaban J connectivity index is 1.74. The van der Waals surface area contributed by atoms with Gasteiger partial charge in [-0.3, -0.25) is 0 Å². The van der Waals surface area contributed by atoms with Gasteiger partial charge >= 0.3 is 0 Å². The third-order valence-corrected chi connectivity index (χ3v) is 4.98. The van der Waals surface area contributed by atoms with Crippen LogP contribution in [0.3, 0.4) is 0 Å². The van der Waals surface area contributed by atoms with Crippen LogP contribution in [0.5, 0.6) is 0 Å². The Kier molecular flexibility index (Phi) is 4.25. The maximum Gasteiger partial charge on any atom is 0.257 e. The summed E-state index contributed by atoms with van der Waals surface area (Å²) in [4.78, 5) is 2.43. The monoisotopic (exact) mass is 392 g/mol. The number of para-hydroxylation sites is 1. The molecule has 0 aliphatic rings. The summed E-state index contributed by atoms with van der Waals surface area (Å²) in [5.74, 6) is 0.463. The van der Waals surface area contributed by atoms with Crippen LogP contribution in [0.2, 0.25) is 0 Å². The third-order valence-electron chi connectivity index (χ3n) is 3.18. The van der Waals surface area contributed by atoms with Gasteiger partial charge in [-0.25, -0.2) is 8.42 Å². The van der Waals surface area contributed by atoms with E-state index in [1.165, 1.54) is 12.1 Å². The van der Waals surface area contributed by atoms with Crippen LogP contribution < -0.4 is 10.3 Å². The summed E-state index contributed by atoms with van der Waals surface area (Å²) in [6.45, 7) is 3.79. The normalized spacial score (nSPS) is 11.5. The van der Waals surface area contributed by atoms with Crippen LogP contribution in [0.15, 0.2) is 75.0 Å². The number of benzene rings is 2. The van der Waals surface area contributed by atoms with Crippen LogP contribution in [-0.4, -0.2) is 8.42 Å². The molecule has 23 heavy (non-hydrogen) atoms. The first-order valence-electron chi connectivity index (χ1n) is 6.67. The second kappa shape index (κ2) is 6.19. The van der Waals surface area contributed by atoms with Crippen molar-refractivity contribution in [1.29, 1.82) is 0 Å². The van der Waals surface area contributed by atoms with Crippen molar-refractivity contribution in [2.24, 2.45) is 0 Å². The molecule has 2 N–H and O–H groups in total. The molecule has 0 aliphatic carbocycles. The molecule has 3 rings (SSSR count). The number of hydrazine groups is 1. The highest BCUT2D eigenvalue weighted by molar-refractivity contribution is 9.10. The molecular formula is C16H13BrN2O3S. The van der Waals surface area contributed by atoms with Gasteiger partial charge < -0.3 is 9.84 Å². The van der Waals surface area contributed by atoms with Crippen molar-refractivity contribution in [2.75, 3.05) is 0 Å². The summed E-state index contributed by atoms with van der Waals surface area (Å²) in [5.41, 5.74) is 3.61. The Labute approximate surface area is 142 Å². The predicted molar refractivity (Wildman–Crippen MR) is 92.8 cm³/mol.